The van der Waals surface area contributed by atoms with Gasteiger partial charge in [-0.25, -0.2) is 18.0 Å². The molecule has 0 saturated carbocycles. The van der Waals surface area contributed by atoms with E-state index in [-0.39, 0.29) is 33.9 Å². The summed E-state index contributed by atoms with van der Waals surface area (Å²) in [7, 11) is -4.00. The first kappa shape index (κ1) is 23.4. The highest BCUT2D eigenvalue weighted by atomic mass is 32.2. The van der Waals surface area contributed by atoms with Crippen LogP contribution in [0.3, 0.4) is 0 Å². The van der Waals surface area contributed by atoms with Crippen LogP contribution in [0.2, 0.25) is 0 Å². The van der Waals surface area contributed by atoms with Crippen molar-refractivity contribution in [3.63, 3.8) is 0 Å². The van der Waals surface area contributed by atoms with Gasteiger partial charge in [0.2, 0.25) is 0 Å². The number of rotatable bonds is 8. The molecule has 0 atom stereocenters. The third-order valence-corrected chi connectivity index (χ3v) is 5.34. The van der Waals surface area contributed by atoms with E-state index in [2.05, 4.69) is 9.82 Å². The number of hydrogen-bond acceptors (Lipinski definition) is 7. The minimum absolute atomic E-state index is 0.00539. The highest BCUT2D eigenvalue weighted by Gasteiger charge is 2.23. The van der Waals surface area contributed by atoms with Crippen molar-refractivity contribution < 1.29 is 27.5 Å². The van der Waals surface area contributed by atoms with Gasteiger partial charge < -0.3 is 9.47 Å². The molecule has 10 heteroatoms. The van der Waals surface area contributed by atoms with Crippen molar-refractivity contribution in [3.8, 4) is 0 Å². The summed E-state index contributed by atoms with van der Waals surface area (Å²) >= 11 is 0. The summed E-state index contributed by atoms with van der Waals surface area (Å²) in [6.07, 6.45) is 0.653. The largest absolute Gasteiger partial charge is 0.459 e. The average molecular weight is 438 g/mol. The Labute approximate surface area is 176 Å². The summed E-state index contributed by atoms with van der Waals surface area (Å²) in [5, 5.41) is 4.14. The number of aryl methyl sites for hydroxylation is 2. The van der Waals surface area contributed by atoms with E-state index in [1.807, 2.05) is 6.92 Å². The van der Waals surface area contributed by atoms with Crippen LogP contribution in [0.5, 0.6) is 0 Å². The average Bonchev–Trinajstić information content (AvgIpc) is 3.02. The van der Waals surface area contributed by atoms with Crippen LogP contribution in [-0.4, -0.2) is 42.3 Å². The van der Waals surface area contributed by atoms with E-state index in [9.17, 15) is 18.0 Å². The molecular weight excluding hydrogens is 410 g/mol. The van der Waals surface area contributed by atoms with E-state index in [0.717, 1.165) is 0 Å². The third kappa shape index (κ3) is 5.82. The molecule has 0 amide bonds. The van der Waals surface area contributed by atoms with Gasteiger partial charge in [0.05, 0.1) is 34.7 Å². The standard InChI is InChI=1S/C20H27N3O6S/c1-7-23-11-18(14(6)21-23)30(26,27)22-17-9-15(19(24)28-12(2)3)8-16(10-17)20(25)29-13(4)5/h8-13,22H,7H2,1-6H3. The number of ether oxygens (including phenoxy) is 2. The number of carbonyl (C=O) groups is 2. The third-order valence-electron chi connectivity index (χ3n) is 3.86. The zero-order valence-corrected chi connectivity index (χ0v) is 18.7. The second-order valence-corrected chi connectivity index (χ2v) is 8.90. The molecule has 0 unspecified atom stereocenters. The Balaban J connectivity index is 2.47. The van der Waals surface area contributed by atoms with Gasteiger partial charge in [0.15, 0.2) is 0 Å². The van der Waals surface area contributed by atoms with Gasteiger partial charge in [-0.1, -0.05) is 0 Å². The predicted molar refractivity (Wildman–Crippen MR) is 111 cm³/mol. The molecule has 2 rings (SSSR count). The Morgan fingerprint density at radius 1 is 1.03 bits per heavy atom. The summed E-state index contributed by atoms with van der Waals surface area (Å²) < 4.78 is 40.0. The summed E-state index contributed by atoms with van der Waals surface area (Å²) in [6.45, 7) is 10.7. The number of nitrogens with zero attached hydrogens (tertiary/aromatic N) is 2. The van der Waals surface area contributed by atoms with Crippen LogP contribution in [0.15, 0.2) is 29.3 Å². The predicted octanol–water partition coefficient (Wildman–Crippen LogP) is 3.14. The van der Waals surface area contributed by atoms with Crippen molar-refractivity contribution in [3.05, 3.63) is 41.2 Å². The molecule has 1 aromatic carbocycles. The lowest BCUT2D eigenvalue weighted by Gasteiger charge is -2.14. The molecule has 0 saturated heterocycles. The second-order valence-electron chi connectivity index (χ2n) is 7.25. The number of hydrogen-bond donors (Lipinski definition) is 1. The highest BCUT2D eigenvalue weighted by Crippen LogP contribution is 2.23. The Morgan fingerprint density at radius 3 is 1.93 bits per heavy atom. The van der Waals surface area contributed by atoms with Gasteiger partial charge in [-0.2, -0.15) is 5.10 Å². The zero-order valence-electron chi connectivity index (χ0n) is 17.9. The number of aromatic nitrogens is 2. The molecule has 1 N–H and O–H groups in total. The number of nitrogens with one attached hydrogen (secondary N) is 1. The van der Waals surface area contributed by atoms with Crippen molar-refractivity contribution in [1.82, 2.24) is 9.78 Å². The first-order valence-corrected chi connectivity index (χ1v) is 11.0. The lowest BCUT2D eigenvalue weighted by molar-refractivity contribution is 0.0377. The van der Waals surface area contributed by atoms with Crippen LogP contribution >= 0.6 is 0 Å². The number of sulfonamides is 1. The maximum atomic E-state index is 12.9. The minimum atomic E-state index is -4.00. The Kier molecular flexibility index (Phi) is 7.25. The fourth-order valence-corrected chi connectivity index (χ4v) is 3.85. The van der Waals surface area contributed by atoms with E-state index in [1.165, 1.54) is 29.1 Å². The quantitative estimate of drug-likeness (QED) is 0.631. The number of anilines is 1. The zero-order chi connectivity index (χ0) is 22.6. The molecule has 0 radical (unpaired) electrons. The van der Waals surface area contributed by atoms with Gasteiger partial charge in [-0.15, -0.1) is 0 Å². The SMILES string of the molecule is CCn1cc(S(=O)(=O)Nc2cc(C(=O)OC(C)C)cc(C(=O)OC(C)C)c2)c(C)n1. The maximum absolute atomic E-state index is 12.9. The smallest absolute Gasteiger partial charge is 0.338 e. The lowest BCUT2D eigenvalue weighted by atomic mass is 10.1. The molecule has 2 aromatic rings. The van der Waals surface area contributed by atoms with Crippen LogP contribution < -0.4 is 4.72 Å². The molecule has 1 aromatic heterocycles. The van der Waals surface area contributed by atoms with E-state index in [1.54, 1.807) is 34.6 Å². The van der Waals surface area contributed by atoms with Crippen LogP contribution in [0.4, 0.5) is 5.69 Å². The van der Waals surface area contributed by atoms with Gasteiger partial charge in [0.25, 0.3) is 10.0 Å². The van der Waals surface area contributed by atoms with E-state index < -0.39 is 22.0 Å². The molecule has 9 nitrogen and oxygen atoms in total. The first-order chi connectivity index (χ1) is 13.9. The van der Waals surface area contributed by atoms with Crippen LogP contribution in [0.25, 0.3) is 0 Å². The molecule has 0 fully saturated rings. The lowest BCUT2D eigenvalue weighted by Crippen LogP contribution is -2.18. The Morgan fingerprint density at radius 2 is 1.53 bits per heavy atom. The van der Waals surface area contributed by atoms with Crippen LogP contribution in [0.1, 0.15) is 61.0 Å². The highest BCUT2D eigenvalue weighted by molar-refractivity contribution is 7.92. The Hall–Kier alpha value is -2.88. The fraction of sp³-hybridized carbons (Fsp3) is 0.450. The topological polar surface area (TPSA) is 117 Å². The summed E-state index contributed by atoms with van der Waals surface area (Å²) in [5.41, 5.74) is 0.424. The molecule has 0 aliphatic heterocycles. The number of benzene rings is 1. The van der Waals surface area contributed by atoms with Gasteiger partial charge in [-0.05, 0) is 59.7 Å². The van der Waals surface area contributed by atoms with Gasteiger partial charge in [0, 0.05) is 12.7 Å². The van der Waals surface area contributed by atoms with Crippen molar-refractivity contribution in [1.29, 1.82) is 0 Å². The van der Waals surface area contributed by atoms with E-state index >= 15 is 0 Å². The molecule has 0 spiro atoms. The van der Waals surface area contributed by atoms with Gasteiger partial charge >= 0.3 is 11.9 Å². The monoisotopic (exact) mass is 437 g/mol. The van der Waals surface area contributed by atoms with Crippen molar-refractivity contribution in [2.24, 2.45) is 0 Å². The fourth-order valence-electron chi connectivity index (χ4n) is 2.62. The molecular formula is C20H27N3O6S. The van der Waals surface area contributed by atoms with E-state index in [4.69, 9.17) is 9.47 Å². The summed E-state index contributed by atoms with van der Waals surface area (Å²) in [4.78, 5) is 24.7. The summed E-state index contributed by atoms with van der Waals surface area (Å²) in [5.74, 6) is -1.36. The number of esters is 2. The molecule has 1 heterocycles. The maximum Gasteiger partial charge on any atom is 0.338 e. The molecule has 0 aliphatic carbocycles. The second kappa shape index (κ2) is 9.29. The van der Waals surface area contributed by atoms with Crippen LogP contribution in [0, 0.1) is 6.92 Å². The van der Waals surface area contributed by atoms with Gasteiger partial charge in [0.1, 0.15) is 4.90 Å². The molecule has 30 heavy (non-hydrogen) atoms. The first-order valence-electron chi connectivity index (χ1n) is 9.56. The van der Waals surface area contributed by atoms with E-state index in [0.29, 0.717) is 12.2 Å². The summed E-state index contributed by atoms with van der Waals surface area (Å²) in [6, 6.07) is 3.94. The molecule has 164 valence electrons. The van der Waals surface area contributed by atoms with Gasteiger partial charge in [-0.3, -0.25) is 9.40 Å². The normalized spacial score (nSPS) is 11.6. The van der Waals surface area contributed by atoms with Crippen molar-refractivity contribution >= 4 is 27.6 Å². The molecule has 0 bridgehead atoms. The van der Waals surface area contributed by atoms with Crippen molar-refractivity contribution in [2.45, 2.75) is 65.2 Å². The molecule has 0 aliphatic rings. The Bertz CT molecular complexity index is 1000. The minimum Gasteiger partial charge on any atom is -0.459 e. The van der Waals surface area contributed by atoms with Crippen LogP contribution in [-0.2, 0) is 26.0 Å². The van der Waals surface area contributed by atoms with Crippen molar-refractivity contribution in [2.75, 3.05) is 4.72 Å². The number of carbonyl (C=O) groups excluding carboxylic acids is 2.